The van der Waals surface area contributed by atoms with Crippen molar-refractivity contribution in [3.63, 3.8) is 0 Å². The van der Waals surface area contributed by atoms with E-state index in [0.29, 0.717) is 33.2 Å². The maximum Gasteiger partial charge on any atom is 0.420 e. The molecule has 0 radical (unpaired) electrons. The number of para-hydroxylation sites is 2. The summed E-state index contributed by atoms with van der Waals surface area (Å²) in [4.78, 5) is 0. The quantitative estimate of drug-likeness (QED) is 0.173. The molecule has 0 atom stereocenters. The molecule has 0 spiro atoms. The minimum absolute atomic E-state index is 0.0751. The third-order valence-electron chi connectivity index (χ3n) is 12.7. The number of aryl methyl sites for hydroxylation is 6. The van der Waals surface area contributed by atoms with Gasteiger partial charge in [0.15, 0.2) is 0 Å². The van der Waals surface area contributed by atoms with Crippen LogP contribution in [0.3, 0.4) is 0 Å². The van der Waals surface area contributed by atoms with Gasteiger partial charge in [0.1, 0.15) is 5.56 Å². The minimum atomic E-state index is -4.87. The third kappa shape index (κ3) is 6.43. The van der Waals surface area contributed by atoms with Gasteiger partial charge in [-0.25, -0.2) is 0 Å². The molecule has 0 amide bonds. The molecule has 8 aromatic carbocycles. The van der Waals surface area contributed by atoms with Gasteiger partial charge >= 0.3 is 6.18 Å². The Bertz CT molecular complexity index is 3420. The lowest BCUT2D eigenvalue weighted by molar-refractivity contribution is -0.137. The number of rotatable bonds is 5. The number of nitriles is 2. The standard InChI is InChI=1S/C57H41F3N4/c1-32-19-34(3)54(35(4)20-32)40-15-17-46-44-11-7-9-13-48(44)63(50(46)26-40)52-28-43(42-24-38(30-61)23-39(25-42)31-62)29-53(56(52)57(58,59)60)64-49-14-10-8-12-45(49)47-18-16-41(27-51(47)64)55-36(5)21-33(2)22-37(55)6/h7-29H,1-6H3. The topological polar surface area (TPSA) is 57.4 Å². The first-order chi connectivity index (χ1) is 30.7. The molecular weight excluding hydrogens is 798 g/mol. The lowest BCUT2D eigenvalue weighted by Crippen LogP contribution is -2.16. The van der Waals surface area contributed by atoms with Gasteiger partial charge < -0.3 is 9.13 Å². The Morgan fingerprint density at radius 3 is 1.17 bits per heavy atom. The summed E-state index contributed by atoms with van der Waals surface area (Å²) < 4.78 is 53.7. The second kappa shape index (κ2) is 14.9. The van der Waals surface area contributed by atoms with Crippen molar-refractivity contribution in [1.29, 1.82) is 10.5 Å². The van der Waals surface area contributed by atoms with Crippen LogP contribution in [0.25, 0.3) is 88.4 Å². The summed E-state index contributed by atoms with van der Waals surface area (Å²) >= 11 is 0. The summed E-state index contributed by atoms with van der Waals surface area (Å²) in [5.74, 6) is 0. The highest BCUT2D eigenvalue weighted by atomic mass is 19.4. The van der Waals surface area contributed by atoms with Crippen LogP contribution < -0.4 is 0 Å². The molecule has 0 fully saturated rings. The summed E-state index contributed by atoms with van der Waals surface area (Å²) in [6.45, 7) is 12.4. The molecule has 0 aliphatic carbocycles. The summed E-state index contributed by atoms with van der Waals surface area (Å²) in [5.41, 5.74) is 13.2. The number of alkyl halides is 3. The van der Waals surface area contributed by atoms with Crippen LogP contribution in [0.4, 0.5) is 13.2 Å². The Balaban J connectivity index is 1.39. The van der Waals surface area contributed by atoms with Gasteiger partial charge in [-0.2, -0.15) is 23.7 Å². The molecule has 0 saturated carbocycles. The summed E-state index contributed by atoms with van der Waals surface area (Å²) in [5, 5.41) is 23.4. The van der Waals surface area contributed by atoms with E-state index < -0.39 is 11.7 Å². The van der Waals surface area contributed by atoms with Crippen LogP contribution >= 0.6 is 0 Å². The summed E-state index contributed by atoms with van der Waals surface area (Å²) in [6.07, 6.45) is -4.87. The number of nitrogens with zero attached hydrogens (tertiary/aromatic N) is 4. The molecule has 64 heavy (non-hydrogen) atoms. The second-order valence-electron chi connectivity index (χ2n) is 17.1. The normalized spacial score (nSPS) is 11.8. The zero-order valence-electron chi connectivity index (χ0n) is 36.2. The predicted molar refractivity (Wildman–Crippen MR) is 254 cm³/mol. The van der Waals surface area contributed by atoms with Gasteiger partial charge in [-0.1, -0.05) is 96.1 Å². The number of benzene rings is 8. The first-order valence-electron chi connectivity index (χ1n) is 21.2. The molecule has 0 saturated heterocycles. The molecule has 10 rings (SSSR count). The fourth-order valence-electron chi connectivity index (χ4n) is 10.4. The lowest BCUT2D eigenvalue weighted by atomic mass is 9.93. The first-order valence-corrected chi connectivity index (χ1v) is 21.2. The highest BCUT2D eigenvalue weighted by Gasteiger charge is 2.40. The molecule has 2 heterocycles. The molecule has 4 nitrogen and oxygen atoms in total. The Morgan fingerprint density at radius 1 is 0.406 bits per heavy atom. The van der Waals surface area contributed by atoms with Crippen molar-refractivity contribution in [2.75, 3.05) is 0 Å². The van der Waals surface area contributed by atoms with E-state index in [2.05, 4.69) is 90.1 Å². The molecule has 0 aliphatic rings. The number of aromatic nitrogens is 2. The molecule has 0 bridgehead atoms. The van der Waals surface area contributed by atoms with E-state index in [1.54, 1.807) is 33.4 Å². The largest absolute Gasteiger partial charge is 0.420 e. The van der Waals surface area contributed by atoms with Crippen LogP contribution in [-0.2, 0) is 6.18 Å². The average Bonchev–Trinajstić information content (AvgIpc) is 3.76. The van der Waals surface area contributed by atoms with Crippen molar-refractivity contribution in [3.05, 3.63) is 190 Å². The number of hydrogen-bond acceptors (Lipinski definition) is 2. The number of hydrogen-bond donors (Lipinski definition) is 0. The minimum Gasteiger partial charge on any atom is -0.309 e. The summed E-state index contributed by atoms with van der Waals surface area (Å²) in [6, 6.07) is 48.0. The fraction of sp³-hybridized carbons (Fsp3) is 0.123. The van der Waals surface area contributed by atoms with Crippen LogP contribution in [0.15, 0.2) is 140 Å². The van der Waals surface area contributed by atoms with Gasteiger partial charge in [0.25, 0.3) is 0 Å². The Hall–Kier alpha value is -7.87. The van der Waals surface area contributed by atoms with E-state index in [1.165, 1.54) is 6.07 Å². The van der Waals surface area contributed by atoms with Gasteiger partial charge in [0, 0.05) is 21.5 Å². The predicted octanol–water partition coefficient (Wildman–Crippen LogP) is 15.5. The van der Waals surface area contributed by atoms with E-state index in [9.17, 15) is 10.5 Å². The molecule has 0 unspecified atom stereocenters. The van der Waals surface area contributed by atoms with Crippen LogP contribution in [-0.4, -0.2) is 9.13 Å². The summed E-state index contributed by atoms with van der Waals surface area (Å²) in [7, 11) is 0. The van der Waals surface area contributed by atoms with Gasteiger partial charge in [0.2, 0.25) is 0 Å². The highest BCUT2D eigenvalue weighted by Crippen LogP contribution is 2.47. The third-order valence-corrected chi connectivity index (χ3v) is 12.7. The van der Waals surface area contributed by atoms with Crippen molar-refractivity contribution in [2.24, 2.45) is 0 Å². The van der Waals surface area contributed by atoms with E-state index in [1.807, 2.05) is 72.8 Å². The molecule has 310 valence electrons. The molecule has 0 N–H and O–H groups in total. The Morgan fingerprint density at radius 2 is 0.781 bits per heavy atom. The monoisotopic (exact) mass is 838 g/mol. The van der Waals surface area contributed by atoms with Crippen molar-refractivity contribution in [3.8, 4) is 56.9 Å². The molecule has 7 heteroatoms. The SMILES string of the molecule is Cc1cc(C)c(-c2ccc3c4ccccc4n(-c4cc(-c5cc(C#N)cc(C#N)c5)cc(-n5c6ccccc6c6ccc(-c7c(C)cc(C)cc7C)cc65)c4C(F)(F)F)c3c2)c(C)c1. The van der Waals surface area contributed by atoms with Crippen molar-refractivity contribution in [1.82, 2.24) is 9.13 Å². The van der Waals surface area contributed by atoms with E-state index in [0.717, 1.165) is 77.2 Å². The first kappa shape index (κ1) is 40.2. The van der Waals surface area contributed by atoms with Gasteiger partial charge in [0.05, 0.1) is 56.7 Å². The maximum atomic E-state index is 16.7. The van der Waals surface area contributed by atoms with E-state index in [-0.39, 0.29) is 22.5 Å². The molecule has 0 aliphatic heterocycles. The van der Waals surface area contributed by atoms with Crippen LogP contribution in [0.5, 0.6) is 0 Å². The van der Waals surface area contributed by atoms with Crippen LogP contribution in [0.1, 0.15) is 50.1 Å². The average molecular weight is 839 g/mol. The number of fused-ring (bicyclic) bond motifs is 6. The number of halogens is 3. The van der Waals surface area contributed by atoms with Crippen LogP contribution in [0.2, 0.25) is 0 Å². The van der Waals surface area contributed by atoms with Gasteiger partial charge in [-0.05, 0) is 152 Å². The zero-order valence-corrected chi connectivity index (χ0v) is 36.2. The van der Waals surface area contributed by atoms with Gasteiger partial charge in [-0.3, -0.25) is 0 Å². The molecular formula is C57H41F3N4. The fourth-order valence-corrected chi connectivity index (χ4v) is 10.4. The zero-order chi connectivity index (χ0) is 44.8. The van der Waals surface area contributed by atoms with Gasteiger partial charge in [-0.15, -0.1) is 0 Å². The van der Waals surface area contributed by atoms with Crippen LogP contribution in [0, 0.1) is 64.2 Å². The Kier molecular flexibility index (Phi) is 9.36. The Labute approximate surface area is 369 Å². The van der Waals surface area contributed by atoms with E-state index >= 15 is 13.2 Å². The van der Waals surface area contributed by atoms with Crippen molar-refractivity contribution in [2.45, 2.75) is 47.7 Å². The molecule has 2 aromatic heterocycles. The van der Waals surface area contributed by atoms with E-state index in [4.69, 9.17) is 0 Å². The molecule has 10 aromatic rings. The smallest absolute Gasteiger partial charge is 0.309 e. The highest BCUT2D eigenvalue weighted by molar-refractivity contribution is 6.12. The maximum absolute atomic E-state index is 16.7. The lowest BCUT2D eigenvalue weighted by Gasteiger charge is -2.23. The van der Waals surface area contributed by atoms with Crippen molar-refractivity contribution < 1.29 is 13.2 Å². The second-order valence-corrected chi connectivity index (χ2v) is 17.1. The van der Waals surface area contributed by atoms with Crippen molar-refractivity contribution >= 4 is 43.6 Å².